The van der Waals surface area contributed by atoms with Crippen molar-refractivity contribution in [1.29, 1.82) is 0 Å². The molecule has 0 heterocycles. The molecule has 0 atom stereocenters. The van der Waals surface area contributed by atoms with E-state index in [-0.39, 0.29) is 17.0 Å². The van der Waals surface area contributed by atoms with Crippen LogP contribution in [-0.2, 0) is 14.8 Å². The van der Waals surface area contributed by atoms with Gasteiger partial charge in [0.2, 0.25) is 10.0 Å². The molecule has 0 aliphatic carbocycles. The highest BCUT2D eigenvalue weighted by molar-refractivity contribution is 9.10. The Morgan fingerprint density at radius 1 is 1.45 bits per heavy atom. The van der Waals surface area contributed by atoms with Crippen LogP contribution in [0.2, 0.25) is 0 Å². The topological polar surface area (TPSA) is 92.7 Å². The maximum Gasteiger partial charge on any atom is 0.336 e. The van der Waals surface area contributed by atoms with E-state index in [4.69, 9.17) is 9.84 Å². The molecule has 0 aromatic heterocycles. The average molecular weight is 366 g/mol. The number of carboxylic acids is 1. The third kappa shape index (κ3) is 4.86. The third-order valence-electron chi connectivity index (χ3n) is 2.44. The van der Waals surface area contributed by atoms with Gasteiger partial charge < -0.3 is 9.84 Å². The van der Waals surface area contributed by atoms with Crippen molar-refractivity contribution in [3.8, 4) is 0 Å². The zero-order valence-electron chi connectivity index (χ0n) is 10.9. The molecule has 0 unspecified atom stereocenters. The number of aromatic carboxylic acids is 1. The first-order valence-corrected chi connectivity index (χ1v) is 8.26. The molecule has 0 saturated carbocycles. The zero-order valence-corrected chi connectivity index (χ0v) is 13.3. The maximum atomic E-state index is 12.0. The molecule has 0 amide bonds. The fourth-order valence-corrected chi connectivity index (χ4v) is 2.96. The Morgan fingerprint density at radius 2 is 2.15 bits per heavy atom. The summed E-state index contributed by atoms with van der Waals surface area (Å²) in [5, 5.41) is 8.97. The van der Waals surface area contributed by atoms with E-state index < -0.39 is 16.0 Å². The summed E-state index contributed by atoms with van der Waals surface area (Å²) in [5.41, 5.74) is -0.0952. The molecular formula is C12H16BrNO5S. The molecule has 112 valence electrons. The van der Waals surface area contributed by atoms with Crippen molar-refractivity contribution in [2.75, 3.05) is 19.8 Å². The van der Waals surface area contributed by atoms with Crippen molar-refractivity contribution in [2.45, 2.75) is 18.2 Å². The lowest BCUT2D eigenvalue weighted by Gasteiger charge is -2.08. The van der Waals surface area contributed by atoms with Gasteiger partial charge in [-0.15, -0.1) is 0 Å². The standard InChI is InChI=1S/C12H16BrNO5S/c1-2-19-7-3-6-14-20(17,18)9-4-5-11(13)10(8-9)12(15)16/h4-5,8,14H,2-3,6-7H2,1H3,(H,15,16). The predicted molar refractivity (Wildman–Crippen MR) is 77.4 cm³/mol. The summed E-state index contributed by atoms with van der Waals surface area (Å²) in [4.78, 5) is 10.9. The number of nitrogens with one attached hydrogen (secondary N) is 1. The lowest BCUT2D eigenvalue weighted by Crippen LogP contribution is -2.25. The molecule has 2 N–H and O–H groups in total. The van der Waals surface area contributed by atoms with Crippen LogP contribution < -0.4 is 4.72 Å². The van der Waals surface area contributed by atoms with E-state index in [0.717, 1.165) is 6.07 Å². The molecule has 0 saturated heterocycles. The van der Waals surface area contributed by atoms with Crippen molar-refractivity contribution < 1.29 is 23.1 Å². The first-order chi connectivity index (χ1) is 9.38. The van der Waals surface area contributed by atoms with Crippen LogP contribution >= 0.6 is 15.9 Å². The molecule has 20 heavy (non-hydrogen) atoms. The van der Waals surface area contributed by atoms with Crippen molar-refractivity contribution >= 4 is 31.9 Å². The summed E-state index contributed by atoms with van der Waals surface area (Å²) < 4.78 is 31.8. The molecule has 0 spiro atoms. The Morgan fingerprint density at radius 3 is 2.75 bits per heavy atom. The average Bonchev–Trinajstić information content (AvgIpc) is 2.38. The van der Waals surface area contributed by atoms with Crippen LogP contribution in [0.15, 0.2) is 27.6 Å². The Kier molecular flexibility index (Phi) is 6.60. The predicted octanol–water partition coefficient (Wildman–Crippen LogP) is 1.85. The van der Waals surface area contributed by atoms with Crippen LogP contribution in [0.25, 0.3) is 0 Å². The van der Waals surface area contributed by atoms with E-state index in [2.05, 4.69) is 20.7 Å². The van der Waals surface area contributed by atoms with Gasteiger partial charge in [-0.2, -0.15) is 0 Å². The molecule has 8 heteroatoms. The number of ether oxygens (including phenoxy) is 1. The summed E-state index contributed by atoms with van der Waals surface area (Å²) in [5.74, 6) is -1.19. The Labute approximate surface area is 126 Å². The number of rotatable bonds is 8. The number of carbonyl (C=O) groups is 1. The van der Waals surface area contributed by atoms with Crippen LogP contribution in [0.3, 0.4) is 0 Å². The van der Waals surface area contributed by atoms with Gasteiger partial charge in [-0.3, -0.25) is 0 Å². The highest BCUT2D eigenvalue weighted by atomic mass is 79.9. The largest absolute Gasteiger partial charge is 0.478 e. The normalized spacial score (nSPS) is 11.5. The third-order valence-corrected chi connectivity index (χ3v) is 4.59. The van der Waals surface area contributed by atoms with E-state index in [0.29, 0.717) is 24.1 Å². The second-order valence-corrected chi connectivity index (χ2v) is 6.52. The molecule has 1 aromatic rings. The number of benzene rings is 1. The fraction of sp³-hybridized carbons (Fsp3) is 0.417. The van der Waals surface area contributed by atoms with E-state index >= 15 is 0 Å². The number of sulfonamides is 1. The summed E-state index contributed by atoms with van der Waals surface area (Å²) in [6.07, 6.45) is 0.551. The van der Waals surface area contributed by atoms with Crippen LogP contribution in [0.5, 0.6) is 0 Å². The summed E-state index contributed by atoms with van der Waals surface area (Å²) in [6, 6.07) is 3.87. The van der Waals surface area contributed by atoms with Crippen LogP contribution in [0.4, 0.5) is 0 Å². The molecule has 0 aliphatic heterocycles. The Hall–Kier alpha value is -0.960. The lowest BCUT2D eigenvalue weighted by atomic mass is 10.2. The highest BCUT2D eigenvalue weighted by Gasteiger charge is 2.17. The van der Waals surface area contributed by atoms with Crippen molar-refractivity contribution in [3.63, 3.8) is 0 Å². The molecule has 6 nitrogen and oxygen atoms in total. The van der Waals surface area contributed by atoms with E-state index in [9.17, 15) is 13.2 Å². The smallest absolute Gasteiger partial charge is 0.336 e. The van der Waals surface area contributed by atoms with Crippen molar-refractivity contribution in [2.24, 2.45) is 0 Å². The number of halogens is 1. The molecule has 0 fully saturated rings. The quantitative estimate of drug-likeness (QED) is 0.685. The van der Waals surface area contributed by atoms with E-state index in [1.165, 1.54) is 12.1 Å². The molecule has 1 rings (SSSR count). The van der Waals surface area contributed by atoms with Gasteiger partial charge in [0.15, 0.2) is 0 Å². The van der Waals surface area contributed by atoms with Crippen molar-refractivity contribution in [3.05, 3.63) is 28.2 Å². The van der Waals surface area contributed by atoms with Crippen LogP contribution in [-0.4, -0.2) is 39.3 Å². The second kappa shape index (κ2) is 7.72. The minimum Gasteiger partial charge on any atom is -0.478 e. The van der Waals surface area contributed by atoms with Gasteiger partial charge in [-0.05, 0) is 47.5 Å². The van der Waals surface area contributed by atoms with Gasteiger partial charge in [0.25, 0.3) is 0 Å². The van der Waals surface area contributed by atoms with E-state index in [1.807, 2.05) is 6.92 Å². The van der Waals surface area contributed by atoms with Crippen LogP contribution in [0.1, 0.15) is 23.7 Å². The number of hydrogen-bond acceptors (Lipinski definition) is 4. The summed E-state index contributed by atoms with van der Waals surface area (Å²) in [7, 11) is -3.71. The summed E-state index contributed by atoms with van der Waals surface area (Å²) >= 11 is 3.07. The van der Waals surface area contributed by atoms with Crippen LogP contribution in [0, 0.1) is 0 Å². The number of carboxylic acid groups (broad SMARTS) is 1. The molecule has 0 bridgehead atoms. The molecule has 0 aliphatic rings. The SMILES string of the molecule is CCOCCCNS(=O)(=O)c1ccc(Br)c(C(=O)O)c1. The number of hydrogen-bond donors (Lipinski definition) is 2. The van der Waals surface area contributed by atoms with Gasteiger partial charge in [0.05, 0.1) is 10.5 Å². The lowest BCUT2D eigenvalue weighted by molar-refractivity contribution is 0.0695. The van der Waals surface area contributed by atoms with Gasteiger partial charge in [0, 0.05) is 24.2 Å². The van der Waals surface area contributed by atoms with Gasteiger partial charge in [0.1, 0.15) is 0 Å². The minimum absolute atomic E-state index is 0.0745. The fourth-order valence-electron chi connectivity index (χ4n) is 1.44. The molecule has 0 radical (unpaired) electrons. The first kappa shape index (κ1) is 17.1. The second-order valence-electron chi connectivity index (χ2n) is 3.90. The minimum atomic E-state index is -3.71. The van der Waals surface area contributed by atoms with E-state index in [1.54, 1.807) is 0 Å². The maximum absolute atomic E-state index is 12.0. The molecule has 1 aromatic carbocycles. The summed E-state index contributed by atoms with van der Waals surface area (Å²) in [6.45, 7) is 3.15. The zero-order chi connectivity index (χ0) is 15.2. The molecular weight excluding hydrogens is 350 g/mol. The van der Waals surface area contributed by atoms with Crippen molar-refractivity contribution in [1.82, 2.24) is 4.72 Å². The van der Waals surface area contributed by atoms with Gasteiger partial charge in [-0.1, -0.05) is 0 Å². The monoisotopic (exact) mass is 365 g/mol. The van der Waals surface area contributed by atoms with Gasteiger partial charge in [-0.25, -0.2) is 17.9 Å². The highest BCUT2D eigenvalue weighted by Crippen LogP contribution is 2.21. The van der Waals surface area contributed by atoms with Gasteiger partial charge >= 0.3 is 5.97 Å². The first-order valence-electron chi connectivity index (χ1n) is 5.98. The Bertz CT molecular complexity index is 573. The Balaban J connectivity index is 2.77.